The normalized spacial score (nSPS) is 15.7. The molecule has 0 aliphatic carbocycles. The van der Waals surface area contributed by atoms with Gasteiger partial charge in [0.1, 0.15) is 13.2 Å². The van der Waals surface area contributed by atoms with Crippen LogP contribution in [0.2, 0.25) is 0 Å². The van der Waals surface area contributed by atoms with Gasteiger partial charge in [0.15, 0.2) is 11.5 Å². The van der Waals surface area contributed by atoms with Gasteiger partial charge in [0.25, 0.3) is 10.0 Å². The number of fused-ring (bicyclic) bond motifs is 2. The van der Waals surface area contributed by atoms with Crippen LogP contribution >= 0.6 is 0 Å². The number of sulfonamides is 1. The van der Waals surface area contributed by atoms with Crippen molar-refractivity contribution < 1.29 is 22.7 Å². The number of ether oxygens (including phenoxy) is 2. The Kier molecular flexibility index (Phi) is 4.89. The zero-order valence-corrected chi connectivity index (χ0v) is 16.4. The molecule has 2 aliphatic rings. The Balaban J connectivity index is 1.63. The smallest absolute Gasteiger partial charge is 0.262 e. The minimum atomic E-state index is -3.81. The molecule has 1 amide bonds. The monoisotopic (exact) mass is 402 g/mol. The molecule has 0 unspecified atom stereocenters. The van der Waals surface area contributed by atoms with Crippen molar-refractivity contribution in [3.63, 3.8) is 0 Å². The lowest BCUT2D eigenvalue weighted by Gasteiger charge is -2.30. The lowest BCUT2D eigenvalue weighted by atomic mass is 10.0. The first-order chi connectivity index (χ1) is 13.5. The highest BCUT2D eigenvalue weighted by molar-refractivity contribution is 7.92. The van der Waals surface area contributed by atoms with Gasteiger partial charge in [0.2, 0.25) is 5.91 Å². The van der Waals surface area contributed by atoms with Crippen molar-refractivity contribution in [2.45, 2.75) is 31.1 Å². The van der Waals surface area contributed by atoms with E-state index < -0.39 is 10.0 Å². The van der Waals surface area contributed by atoms with Gasteiger partial charge in [0, 0.05) is 24.7 Å². The van der Waals surface area contributed by atoms with Crippen LogP contribution < -0.4 is 19.1 Å². The number of hydrogen-bond acceptors (Lipinski definition) is 5. The van der Waals surface area contributed by atoms with E-state index in [1.807, 2.05) is 13.0 Å². The molecule has 0 saturated carbocycles. The average molecular weight is 402 g/mol. The number of carbonyl (C=O) groups excluding carboxylic acids is 1. The highest BCUT2D eigenvalue weighted by Gasteiger charge is 2.24. The van der Waals surface area contributed by atoms with Gasteiger partial charge in [-0.1, -0.05) is 13.0 Å². The summed E-state index contributed by atoms with van der Waals surface area (Å²) in [5.41, 5.74) is 2.25. The van der Waals surface area contributed by atoms with Gasteiger partial charge in [-0.3, -0.25) is 9.52 Å². The summed E-state index contributed by atoms with van der Waals surface area (Å²) in [5, 5.41) is 0. The van der Waals surface area contributed by atoms with E-state index in [1.165, 1.54) is 12.1 Å². The maximum atomic E-state index is 12.8. The van der Waals surface area contributed by atoms with Crippen molar-refractivity contribution >= 4 is 27.3 Å². The van der Waals surface area contributed by atoms with E-state index in [-0.39, 0.29) is 10.8 Å². The molecule has 2 aromatic carbocycles. The fourth-order valence-corrected chi connectivity index (χ4v) is 4.56. The minimum Gasteiger partial charge on any atom is -0.486 e. The van der Waals surface area contributed by atoms with Gasteiger partial charge < -0.3 is 14.4 Å². The number of nitrogens with zero attached hydrogens (tertiary/aromatic N) is 1. The SMILES string of the molecule is CCC(=O)N1CCCc2ccc(NS(=O)(=O)c3ccc4c(c3)OCCO4)cc21. The highest BCUT2D eigenvalue weighted by atomic mass is 32.2. The molecule has 8 heteroatoms. The third kappa shape index (κ3) is 3.52. The number of hydrogen-bond donors (Lipinski definition) is 1. The van der Waals surface area contributed by atoms with E-state index in [9.17, 15) is 13.2 Å². The summed E-state index contributed by atoms with van der Waals surface area (Å²) in [6.07, 6.45) is 2.19. The Morgan fingerprint density at radius 3 is 2.68 bits per heavy atom. The molecule has 0 saturated heterocycles. The lowest BCUT2D eigenvalue weighted by molar-refractivity contribution is -0.118. The van der Waals surface area contributed by atoms with Crippen LogP contribution in [0.4, 0.5) is 11.4 Å². The van der Waals surface area contributed by atoms with Crippen LogP contribution in [0.3, 0.4) is 0 Å². The second-order valence-electron chi connectivity index (χ2n) is 6.76. The number of aryl methyl sites for hydroxylation is 1. The fourth-order valence-electron chi connectivity index (χ4n) is 3.49. The first-order valence-corrected chi connectivity index (χ1v) is 10.8. The van der Waals surface area contributed by atoms with E-state index in [1.54, 1.807) is 23.1 Å². The second-order valence-corrected chi connectivity index (χ2v) is 8.44. The predicted octanol–water partition coefficient (Wildman–Crippen LogP) is 2.95. The number of benzene rings is 2. The van der Waals surface area contributed by atoms with Crippen molar-refractivity contribution in [1.82, 2.24) is 0 Å². The summed E-state index contributed by atoms with van der Waals surface area (Å²) in [6.45, 7) is 3.30. The molecule has 28 heavy (non-hydrogen) atoms. The molecule has 1 N–H and O–H groups in total. The maximum absolute atomic E-state index is 12.8. The number of nitrogens with one attached hydrogen (secondary N) is 1. The minimum absolute atomic E-state index is 0.0350. The maximum Gasteiger partial charge on any atom is 0.262 e. The van der Waals surface area contributed by atoms with Crippen LogP contribution in [0.5, 0.6) is 11.5 Å². The molecule has 0 fully saturated rings. The van der Waals surface area contributed by atoms with Gasteiger partial charge >= 0.3 is 0 Å². The highest BCUT2D eigenvalue weighted by Crippen LogP contribution is 2.34. The van der Waals surface area contributed by atoms with Crippen LogP contribution in [0, 0.1) is 0 Å². The Morgan fingerprint density at radius 2 is 1.89 bits per heavy atom. The Bertz CT molecular complexity index is 1020. The predicted molar refractivity (Wildman–Crippen MR) is 106 cm³/mol. The molecule has 0 atom stereocenters. The first-order valence-electron chi connectivity index (χ1n) is 9.34. The van der Waals surface area contributed by atoms with Crippen molar-refractivity contribution in [3.05, 3.63) is 42.0 Å². The van der Waals surface area contributed by atoms with Crippen molar-refractivity contribution in [2.24, 2.45) is 0 Å². The van der Waals surface area contributed by atoms with E-state index >= 15 is 0 Å². The third-order valence-corrected chi connectivity index (χ3v) is 6.26. The molecule has 4 rings (SSSR count). The van der Waals surface area contributed by atoms with Crippen LogP contribution in [0.25, 0.3) is 0 Å². The van der Waals surface area contributed by atoms with E-state index in [0.29, 0.717) is 43.4 Å². The van der Waals surface area contributed by atoms with Gasteiger partial charge in [0.05, 0.1) is 10.6 Å². The third-order valence-electron chi connectivity index (χ3n) is 4.88. The van der Waals surface area contributed by atoms with Crippen LogP contribution in [-0.4, -0.2) is 34.1 Å². The summed E-state index contributed by atoms with van der Waals surface area (Å²) in [7, 11) is -3.81. The molecule has 148 valence electrons. The Labute approximate surface area is 164 Å². The van der Waals surface area contributed by atoms with Crippen molar-refractivity contribution in [1.29, 1.82) is 0 Å². The first kappa shape index (κ1) is 18.6. The lowest BCUT2D eigenvalue weighted by Crippen LogP contribution is -2.35. The molecule has 0 spiro atoms. The molecule has 2 aliphatic heterocycles. The quantitative estimate of drug-likeness (QED) is 0.850. The number of rotatable bonds is 4. The van der Waals surface area contributed by atoms with Crippen molar-refractivity contribution in [3.8, 4) is 11.5 Å². The summed E-state index contributed by atoms with van der Waals surface area (Å²) < 4.78 is 39.2. The van der Waals surface area contributed by atoms with Crippen LogP contribution in [0.1, 0.15) is 25.3 Å². The summed E-state index contributed by atoms with van der Waals surface area (Å²) in [6, 6.07) is 9.89. The average Bonchev–Trinajstić information content (AvgIpc) is 2.72. The van der Waals surface area contributed by atoms with Gasteiger partial charge in [-0.15, -0.1) is 0 Å². The van der Waals surface area contributed by atoms with E-state index in [4.69, 9.17) is 9.47 Å². The molecule has 0 radical (unpaired) electrons. The second kappa shape index (κ2) is 7.35. The van der Waals surface area contributed by atoms with Crippen LogP contribution in [0.15, 0.2) is 41.3 Å². The zero-order chi connectivity index (χ0) is 19.7. The summed E-state index contributed by atoms with van der Waals surface area (Å²) >= 11 is 0. The fraction of sp³-hybridized carbons (Fsp3) is 0.350. The standard InChI is InChI=1S/C20H22N2O5S/c1-2-20(23)22-9-3-4-14-5-6-15(12-17(14)22)21-28(24,25)16-7-8-18-19(13-16)27-11-10-26-18/h5-8,12-13,21H,2-4,9-11H2,1H3. The molecule has 0 bridgehead atoms. The van der Waals surface area contributed by atoms with E-state index in [0.717, 1.165) is 24.1 Å². The van der Waals surface area contributed by atoms with Gasteiger partial charge in [-0.2, -0.15) is 0 Å². The number of carbonyl (C=O) groups is 1. The Morgan fingerprint density at radius 1 is 1.11 bits per heavy atom. The molecule has 2 aromatic rings. The zero-order valence-electron chi connectivity index (χ0n) is 15.6. The van der Waals surface area contributed by atoms with Gasteiger partial charge in [-0.25, -0.2) is 8.42 Å². The molecule has 2 heterocycles. The van der Waals surface area contributed by atoms with E-state index in [2.05, 4.69) is 4.72 Å². The summed E-state index contributed by atoms with van der Waals surface area (Å²) in [5.74, 6) is 0.986. The number of anilines is 2. The van der Waals surface area contributed by atoms with Crippen molar-refractivity contribution in [2.75, 3.05) is 29.4 Å². The topological polar surface area (TPSA) is 84.9 Å². The van der Waals surface area contributed by atoms with Crippen LogP contribution in [-0.2, 0) is 21.2 Å². The molecule has 0 aromatic heterocycles. The molecular formula is C20H22N2O5S. The number of amides is 1. The summed E-state index contributed by atoms with van der Waals surface area (Å²) in [4.78, 5) is 14.1. The Hall–Kier alpha value is -2.74. The largest absolute Gasteiger partial charge is 0.486 e. The van der Waals surface area contributed by atoms with Gasteiger partial charge in [-0.05, 0) is 42.7 Å². The molecular weight excluding hydrogens is 380 g/mol. The molecule has 7 nitrogen and oxygen atoms in total.